The maximum Gasteiger partial charge on any atom is 0.416 e. The molecule has 0 aliphatic heterocycles. The molecule has 23 heavy (non-hydrogen) atoms. The minimum Gasteiger partial charge on any atom is -0.486 e. The van der Waals surface area contributed by atoms with E-state index in [0.29, 0.717) is 5.75 Å². The van der Waals surface area contributed by atoms with Crippen molar-refractivity contribution in [2.45, 2.75) is 18.7 Å². The van der Waals surface area contributed by atoms with E-state index in [1.165, 1.54) is 12.1 Å². The molecule has 0 saturated heterocycles. The molecule has 1 atom stereocenters. The first-order valence-corrected chi connectivity index (χ1v) is 7.04. The number of ether oxygens (including phenoxy) is 1. The molecule has 0 heterocycles. The number of rotatable bonds is 6. The van der Waals surface area contributed by atoms with Gasteiger partial charge in [-0.2, -0.15) is 13.2 Å². The van der Waals surface area contributed by atoms with E-state index in [-0.39, 0.29) is 18.5 Å². The molecule has 0 spiro atoms. The summed E-state index contributed by atoms with van der Waals surface area (Å²) in [5, 5.41) is 3.05. The van der Waals surface area contributed by atoms with Gasteiger partial charge in [-0.1, -0.05) is 30.3 Å². The maximum atomic E-state index is 12.6. The fourth-order valence-corrected chi connectivity index (χ4v) is 2.12. The molecule has 0 radical (unpaired) electrons. The van der Waals surface area contributed by atoms with Crippen LogP contribution in [0.25, 0.3) is 0 Å². The van der Waals surface area contributed by atoms with Crippen molar-refractivity contribution < 1.29 is 17.9 Å². The minimum absolute atomic E-state index is 0. The van der Waals surface area contributed by atoms with Gasteiger partial charge in [0, 0.05) is 6.42 Å². The Morgan fingerprint density at radius 3 is 2.13 bits per heavy atom. The Kier molecular flexibility index (Phi) is 7.39. The third-order valence-electron chi connectivity index (χ3n) is 3.29. The van der Waals surface area contributed by atoms with Crippen LogP contribution in [-0.2, 0) is 6.18 Å². The molecule has 0 bridgehead atoms. The van der Waals surface area contributed by atoms with Crippen molar-refractivity contribution in [3.63, 3.8) is 0 Å². The van der Waals surface area contributed by atoms with E-state index in [9.17, 15) is 13.2 Å². The molecule has 6 heteroatoms. The molecule has 2 nitrogen and oxygen atoms in total. The van der Waals surface area contributed by atoms with Crippen LogP contribution in [0.1, 0.15) is 23.7 Å². The van der Waals surface area contributed by atoms with Crippen molar-refractivity contribution in [3.05, 3.63) is 65.7 Å². The first kappa shape index (κ1) is 19.3. The van der Waals surface area contributed by atoms with Gasteiger partial charge in [0.25, 0.3) is 0 Å². The second-order valence-corrected chi connectivity index (χ2v) is 4.93. The fraction of sp³-hybridized carbons (Fsp3) is 0.294. The lowest BCUT2D eigenvalue weighted by Gasteiger charge is -2.20. The molecule has 2 aromatic carbocycles. The second-order valence-electron chi connectivity index (χ2n) is 4.93. The average molecular weight is 346 g/mol. The van der Waals surface area contributed by atoms with E-state index in [0.717, 1.165) is 30.7 Å². The van der Waals surface area contributed by atoms with Crippen LogP contribution in [-0.4, -0.2) is 13.6 Å². The molecule has 1 N–H and O–H groups in total. The summed E-state index contributed by atoms with van der Waals surface area (Å²) in [6.45, 7) is 0.750. The molecule has 0 unspecified atom stereocenters. The third-order valence-corrected chi connectivity index (χ3v) is 3.29. The number of alkyl halides is 3. The topological polar surface area (TPSA) is 21.3 Å². The summed E-state index contributed by atoms with van der Waals surface area (Å²) in [4.78, 5) is 0. The molecule has 0 saturated carbocycles. The summed E-state index contributed by atoms with van der Waals surface area (Å²) in [5.74, 6) is 0.429. The normalized spacial score (nSPS) is 12.3. The van der Waals surface area contributed by atoms with E-state index < -0.39 is 11.7 Å². The minimum atomic E-state index is -4.33. The molecule has 0 aromatic heterocycles. The maximum absolute atomic E-state index is 12.6. The Balaban J connectivity index is 0.00000264. The van der Waals surface area contributed by atoms with Crippen LogP contribution >= 0.6 is 12.4 Å². The quantitative estimate of drug-likeness (QED) is 0.807. The van der Waals surface area contributed by atoms with Gasteiger partial charge in [0.1, 0.15) is 11.9 Å². The van der Waals surface area contributed by atoms with Gasteiger partial charge in [0.05, 0.1) is 5.56 Å². The lowest BCUT2D eigenvalue weighted by Crippen LogP contribution is -2.16. The molecule has 2 rings (SSSR count). The number of halogens is 4. The monoisotopic (exact) mass is 345 g/mol. The molecule has 126 valence electrons. The predicted octanol–water partition coefficient (Wildman–Crippen LogP) is 4.86. The lowest BCUT2D eigenvalue weighted by molar-refractivity contribution is -0.137. The number of hydrogen-bond acceptors (Lipinski definition) is 2. The molecule has 0 amide bonds. The van der Waals surface area contributed by atoms with E-state index in [1.807, 2.05) is 37.4 Å². The fourth-order valence-electron chi connectivity index (χ4n) is 2.12. The van der Waals surface area contributed by atoms with Gasteiger partial charge in [-0.3, -0.25) is 0 Å². The van der Waals surface area contributed by atoms with E-state index in [4.69, 9.17) is 4.74 Å². The predicted molar refractivity (Wildman–Crippen MR) is 87.0 cm³/mol. The zero-order valence-electron chi connectivity index (χ0n) is 12.6. The van der Waals surface area contributed by atoms with Gasteiger partial charge < -0.3 is 10.1 Å². The summed E-state index contributed by atoms with van der Waals surface area (Å²) in [6.07, 6.45) is -3.81. The van der Waals surface area contributed by atoms with Gasteiger partial charge in [-0.15, -0.1) is 12.4 Å². The van der Waals surface area contributed by atoms with Crippen LogP contribution in [0.4, 0.5) is 13.2 Å². The van der Waals surface area contributed by atoms with Crippen LogP contribution in [0.3, 0.4) is 0 Å². The number of benzene rings is 2. The Labute approximate surface area is 140 Å². The third kappa shape index (κ3) is 5.77. The van der Waals surface area contributed by atoms with Crippen LogP contribution in [0.5, 0.6) is 5.75 Å². The van der Waals surface area contributed by atoms with Crippen LogP contribution in [0.15, 0.2) is 54.6 Å². The Hall–Kier alpha value is -1.72. The Morgan fingerprint density at radius 2 is 1.61 bits per heavy atom. The standard InChI is InChI=1S/C17H18F3NO.ClH/c1-21-12-11-16(13-5-3-2-4-6-13)22-15-9-7-14(8-10-15)17(18,19)20;/h2-10,16,21H,11-12H2,1H3;1H/t16-;/m0./s1. The molecule has 2 aromatic rings. The second kappa shape index (κ2) is 8.79. The molecular formula is C17H19ClF3NO. The van der Waals surface area contributed by atoms with E-state index >= 15 is 0 Å². The SMILES string of the molecule is CNCC[C@H](Oc1ccc(C(F)(F)F)cc1)c1ccccc1.Cl. The Bertz CT molecular complexity index is 573. The highest BCUT2D eigenvalue weighted by Crippen LogP contribution is 2.31. The highest BCUT2D eigenvalue weighted by molar-refractivity contribution is 5.85. The highest BCUT2D eigenvalue weighted by atomic mass is 35.5. The van der Waals surface area contributed by atoms with Gasteiger partial charge in [0.15, 0.2) is 0 Å². The van der Waals surface area contributed by atoms with E-state index in [2.05, 4.69) is 5.32 Å². The van der Waals surface area contributed by atoms with Crippen LogP contribution < -0.4 is 10.1 Å². The first-order chi connectivity index (χ1) is 10.5. The van der Waals surface area contributed by atoms with Crippen molar-refractivity contribution in [3.8, 4) is 5.75 Å². The van der Waals surface area contributed by atoms with Crippen molar-refractivity contribution in [1.29, 1.82) is 0 Å². The summed E-state index contributed by atoms with van der Waals surface area (Å²) < 4.78 is 43.6. The smallest absolute Gasteiger partial charge is 0.416 e. The first-order valence-electron chi connectivity index (χ1n) is 7.04. The van der Waals surface area contributed by atoms with Crippen molar-refractivity contribution in [1.82, 2.24) is 5.32 Å². The van der Waals surface area contributed by atoms with Crippen molar-refractivity contribution in [2.75, 3.05) is 13.6 Å². The number of hydrogen-bond donors (Lipinski definition) is 1. The Morgan fingerprint density at radius 1 is 1.00 bits per heavy atom. The number of nitrogens with one attached hydrogen (secondary N) is 1. The van der Waals surface area contributed by atoms with Gasteiger partial charge >= 0.3 is 6.18 Å². The lowest BCUT2D eigenvalue weighted by atomic mass is 10.1. The summed E-state index contributed by atoms with van der Waals surface area (Å²) >= 11 is 0. The summed E-state index contributed by atoms with van der Waals surface area (Å²) in [6, 6.07) is 14.4. The van der Waals surface area contributed by atoms with E-state index in [1.54, 1.807) is 0 Å². The molecule has 0 fully saturated rings. The zero-order valence-corrected chi connectivity index (χ0v) is 13.5. The molecule has 0 aliphatic rings. The van der Waals surface area contributed by atoms with Crippen molar-refractivity contribution >= 4 is 12.4 Å². The summed E-state index contributed by atoms with van der Waals surface area (Å²) in [7, 11) is 1.85. The average Bonchev–Trinajstić information content (AvgIpc) is 2.52. The van der Waals surface area contributed by atoms with Crippen LogP contribution in [0, 0.1) is 0 Å². The van der Waals surface area contributed by atoms with Crippen molar-refractivity contribution in [2.24, 2.45) is 0 Å². The largest absolute Gasteiger partial charge is 0.486 e. The van der Waals surface area contributed by atoms with Gasteiger partial charge in [-0.25, -0.2) is 0 Å². The zero-order chi connectivity index (χ0) is 16.0. The highest BCUT2D eigenvalue weighted by Gasteiger charge is 2.30. The summed E-state index contributed by atoms with van der Waals surface area (Å²) in [5.41, 5.74) is 0.323. The molecule has 0 aliphatic carbocycles. The van der Waals surface area contributed by atoms with Gasteiger partial charge in [0.2, 0.25) is 0 Å². The molecular weight excluding hydrogens is 327 g/mol. The van der Waals surface area contributed by atoms with Crippen LogP contribution in [0.2, 0.25) is 0 Å². The van der Waals surface area contributed by atoms with Gasteiger partial charge in [-0.05, 0) is 43.4 Å².